The van der Waals surface area contributed by atoms with Gasteiger partial charge in [-0.1, -0.05) is 72.8 Å². The number of hydrazone groups is 1. The number of aliphatic carboxylic acids is 1. The molecule has 4 rings (SSSR count). The number of nitro benzene ring substituents is 1. The molecule has 1 heterocycles. The maximum absolute atomic E-state index is 11.6. The van der Waals surface area contributed by atoms with Crippen LogP contribution >= 0.6 is 11.3 Å². The van der Waals surface area contributed by atoms with Gasteiger partial charge >= 0.3 is 5.97 Å². The Hall–Kier alpha value is -4.37. The largest absolute Gasteiger partial charge is 0.477 e. The van der Waals surface area contributed by atoms with E-state index < -0.39 is 10.9 Å². The van der Waals surface area contributed by atoms with E-state index in [4.69, 9.17) is 0 Å². The quantitative estimate of drug-likeness (QED) is 0.205. The van der Waals surface area contributed by atoms with Gasteiger partial charge in [0.1, 0.15) is 5.71 Å². The van der Waals surface area contributed by atoms with Crippen molar-refractivity contribution in [1.29, 1.82) is 0 Å². The van der Waals surface area contributed by atoms with Crippen molar-refractivity contribution in [3.8, 4) is 22.4 Å². The highest BCUT2D eigenvalue weighted by molar-refractivity contribution is 7.14. The average molecular weight is 458 g/mol. The molecule has 164 valence electrons. The molecule has 0 saturated carbocycles. The van der Waals surface area contributed by atoms with Crippen molar-refractivity contribution < 1.29 is 14.8 Å². The number of nitro groups is 1. The summed E-state index contributed by atoms with van der Waals surface area (Å²) in [5.74, 6) is -1.27. The first kappa shape index (κ1) is 21.8. The lowest BCUT2D eigenvalue weighted by molar-refractivity contribution is -0.385. The zero-order chi connectivity index (χ0) is 23.2. The summed E-state index contributed by atoms with van der Waals surface area (Å²) < 4.78 is 0. The van der Waals surface area contributed by atoms with Gasteiger partial charge in [-0.3, -0.25) is 15.5 Å². The maximum atomic E-state index is 11.6. The Bertz CT molecular complexity index is 1320. The molecule has 0 radical (unpaired) electrons. The number of carbonyl (C=O) groups is 1. The van der Waals surface area contributed by atoms with Crippen LogP contribution in [0, 0.1) is 10.1 Å². The van der Waals surface area contributed by atoms with Gasteiger partial charge in [0.15, 0.2) is 0 Å². The van der Waals surface area contributed by atoms with Crippen LogP contribution in [0.1, 0.15) is 5.56 Å². The third kappa shape index (κ3) is 5.28. The summed E-state index contributed by atoms with van der Waals surface area (Å²) in [5, 5.41) is 26.9. The molecule has 0 bridgehead atoms. The average Bonchev–Trinajstić information content (AvgIpc) is 3.31. The minimum absolute atomic E-state index is 0.151. The molecule has 0 spiro atoms. The number of benzene rings is 3. The van der Waals surface area contributed by atoms with Gasteiger partial charge in [-0.15, -0.1) is 11.3 Å². The number of carboxylic acids is 1. The van der Waals surface area contributed by atoms with Gasteiger partial charge in [0.05, 0.1) is 10.6 Å². The van der Waals surface area contributed by atoms with Crippen LogP contribution in [0.2, 0.25) is 0 Å². The van der Waals surface area contributed by atoms with Gasteiger partial charge in [0.25, 0.3) is 5.69 Å². The van der Waals surface area contributed by atoms with E-state index in [9.17, 15) is 20.0 Å². The molecule has 0 aliphatic rings. The number of hydrogen-bond acceptors (Lipinski definition) is 7. The smallest absolute Gasteiger partial charge is 0.352 e. The molecule has 9 heteroatoms. The zero-order valence-electron chi connectivity index (χ0n) is 17.2. The van der Waals surface area contributed by atoms with Crippen molar-refractivity contribution in [2.45, 2.75) is 6.42 Å². The summed E-state index contributed by atoms with van der Waals surface area (Å²) in [6, 6.07) is 24.0. The van der Waals surface area contributed by atoms with Crippen LogP contribution in [0.15, 0.2) is 89.3 Å². The number of thiazole rings is 1. The van der Waals surface area contributed by atoms with E-state index in [1.807, 2.05) is 60.0 Å². The molecule has 0 aliphatic carbocycles. The molecule has 8 nitrogen and oxygen atoms in total. The fraction of sp³-hybridized carbons (Fsp3) is 0.0417. The van der Waals surface area contributed by atoms with E-state index in [0.29, 0.717) is 5.13 Å². The standard InChI is InChI=1S/C24H18N4O4S/c29-23(30)20(14-19-8-4-5-9-22(19)28(31)32)26-27-24-25-21(15-33-24)18-12-10-17(11-13-18)16-6-2-1-3-7-16/h1-13,15H,14H2,(H,25,27)(H,29,30)/b26-20-. The molecule has 3 aromatic carbocycles. The number of anilines is 1. The van der Waals surface area contributed by atoms with Crippen molar-refractivity contribution in [2.24, 2.45) is 5.10 Å². The van der Waals surface area contributed by atoms with Gasteiger partial charge in [-0.05, 0) is 11.1 Å². The normalized spacial score (nSPS) is 11.2. The Kier molecular flexibility index (Phi) is 6.51. The Morgan fingerprint density at radius 2 is 1.61 bits per heavy atom. The van der Waals surface area contributed by atoms with Crippen molar-refractivity contribution in [3.63, 3.8) is 0 Å². The minimum Gasteiger partial charge on any atom is -0.477 e. The molecule has 0 atom stereocenters. The van der Waals surface area contributed by atoms with Gasteiger partial charge in [-0.25, -0.2) is 9.78 Å². The van der Waals surface area contributed by atoms with Crippen molar-refractivity contribution >= 4 is 33.8 Å². The number of carboxylic acid groups (broad SMARTS) is 1. The Labute approximate surface area is 193 Å². The van der Waals surface area contributed by atoms with Crippen LogP contribution in [0.5, 0.6) is 0 Å². The first-order chi connectivity index (χ1) is 16.0. The predicted molar refractivity (Wildman–Crippen MR) is 128 cm³/mol. The minimum atomic E-state index is -1.27. The van der Waals surface area contributed by atoms with E-state index in [-0.39, 0.29) is 23.4 Å². The second kappa shape index (κ2) is 9.84. The predicted octanol–water partition coefficient (Wildman–Crippen LogP) is 5.48. The van der Waals surface area contributed by atoms with Crippen LogP contribution in [0.3, 0.4) is 0 Å². The van der Waals surface area contributed by atoms with Crippen LogP contribution in [0.25, 0.3) is 22.4 Å². The zero-order valence-corrected chi connectivity index (χ0v) is 18.0. The Balaban J connectivity index is 1.49. The summed E-state index contributed by atoms with van der Waals surface area (Å²) in [7, 11) is 0. The van der Waals surface area contributed by atoms with Gasteiger partial charge < -0.3 is 5.11 Å². The molecule has 33 heavy (non-hydrogen) atoms. The third-order valence-electron chi connectivity index (χ3n) is 4.87. The van der Waals surface area contributed by atoms with Crippen molar-refractivity contribution in [3.05, 3.63) is 99.9 Å². The number of nitrogens with zero attached hydrogens (tertiary/aromatic N) is 3. The lowest BCUT2D eigenvalue weighted by Crippen LogP contribution is -2.18. The van der Waals surface area contributed by atoms with E-state index in [2.05, 4.69) is 15.5 Å². The summed E-state index contributed by atoms with van der Waals surface area (Å²) >= 11 is 1.28. The van der Waals surface area contributed by atoms with Crippen molar-refractivity contribution in [1.82, 2.24) is 4.98 Å². The van der Waals surface area contributed by atoms with E-state index in [1.54, 1.807) is 6.07 Å². The molecule has 0 fully saturated rings. The van der Waals surface area contributed by atoms with Gasteiger partial charge in [0.2, 0.25) is 5.13 Å². The lowest BCUT2D eigenvalue weighted by Gasteiger charge is -2.04. The number of para-hydroxylation sites is 1. The molecule has 0 unspecified atom stereocenters. The van der Waals surface area contributed by atoms with E-state index in [1.165, 1.54) is 29.5 Å². The fourth-order valence-electron chi connectivity index (χ4n) is 3.22. The highest BCUT2D eigenvalue weighted by atomic mass is 32.1. The van der Waals surface area contributed by atoms with Crippen LogP contribution in [-0.4, -0.2) is 26.7 Å². The van der Waals surface area contributed by atoms with Crippen LogP contribution < -0.4 is 5.43 Å². The van der Waals surface area contributed by atoms with Crippen LogP contribution in [0.4, 0.5) is 10.8 Å². The molecule has 0 saturated heterocycles. The molecule has 1 aromatic heterocycles. The van der Waals surface area contributed by atoms with Gasteiger partial charge in [0, 0.05) is 29.0 Å². The lowest BCUT2D eigenvalue weighted by atomic mass is 10.0. The summed E-state index contributed by atoms with van der Waals surface area (Å²) in [6.45, 7) is 0. The topological polar surface area (TPSA) is 118 Å². The highest BCUT2D eigenvalue weighted by Gasteiger charge is 2.18. The van der Waals surface area contributed by atoms with Crippen molar-refractivity contribution in [2.75, 3.05) is 5.43 Å². The fourth-order valence-corrected chi connectivity index (χ4v) is 3.88. The first-order valence-corrected chi connectivity index (χ1v) is 10.8. The first-order valence-electron chi connectivity index (χ1n) is 9.91. The molecule has 0 aliphatic heterocycles. The Morgan fingerprint density at radius 1 is 0.970 bits per heavy atom. The third-order valence-corrected chi connectivity index (χ3v) is 5.62. The molecule has 0 amide bonds. The number of hydrogen-bond donors (Lipinski definition) is 2. The summed E-state index contributed by atoms with van der Waals surface area (Å²) in [6.07, 6.45) is -0.196. The van der Waals surface area contributed by atoms with Crippen LogP contribution in [-0.2, 0) is 11.2 Å². The molecular weight excluding hydrogens is 440 g/mol. The second-order valence-electron chi connectivity index (χ2n) is 7.02. The second-order valence-corrected chi connectivity index (χ2v) is 7.88. The number of aromatic nitrogens is 1. The SMILES string of the molecule is O=C(O)/C(Cc1ccccc1[N+](=O)[O-])=N\Nc1nc(-c2ccc(-c3ccccc3)cc2)cs1. The molecule has 4 aromatic rings. The van der Waals surface area contributed by atoms with Gasteiger partial charge in [-0.2, -0.15) is 5.10 Å². The number of nitrogens with one attached hydrogen (secondary N) is 1. The number of rotatable bonds is 8. The summed E-state index contributed by atoms with van der Waals surface area (Å²) in [5.41, 5.74) is 6.39. The van der Waals surface area contributed by atoms with E-state index in [0.717, 1.165) is 22.4 Å². The maximum Gasteiger partial charge on any atom is 0.352 e. The monoisotopic (exact) mass is 458 g/mol. The molecule has 2 N–H and O–H groups in total. The highest BCUT2D eigenvalue weighted by Crippen LogP contribution is 2.28. The Morgan fingerprint density at radius 3 is 2.30 bits per heavy atom. The van der Waals surface area contributed by atoms with E-state index >= 15 is 0 Å². The summed E-state index contributed by atoms with van der Waals surface area (Å²) in [4.78, 5) is 26.7. The molecular formula is C24H18N4O4S.